The summed E-state index contributed by atoms with van der Waals surface area (Å²) < 4.78 is 0. The fraction of sp³-hybridized carbons (Fsp3) is 1.00. The van der Waals surface area contributed by atoms with Gasteiger partial charge in [0.05, 0.1) is 0 Å². The Morgan fingerprint density at radius 2 is 1.94 bits per heavy atom. The van der Waals surface area contributed by atoms with Gasteiger partial charge in [0.25, 0.3) is 0 Å². The maximum atomic E-state index is 3.49. The maximum absolute atomic E-state index is 3.49. The van der Waals surface area contributed by atoms with E-state index in [9.17, 15) is 0 Å². The van der Waals surface area contributed by atoms with Crippen LogP contribution in [0.3, 0.4) is 0 Å². The van der Waals surface area contributed by atoms with Crippen LogP contribution in [0.1, 0.15) is 39.0 Å². The molecule has 2 nitrogen and oxygen atoms in total. The first-order chi connectivity index (χ1) is 7.74. The monoisotopic (exact) mass is 242 g/mol. The fourth-order valence-electron chi connectivity index (χ4n) is 3.38. The molecule has 0 aliphatic carbocycles. The molecule has 16 heavy (non-hydrogen) atoms. The van der Waals surface area contributed by atoms with Crippen LogP contribution in [0.25, 0.3) is 0 Å². The van der Waals surface area contributed by atoms with Crippen molar-refractivity contribution < 1.29 is 0 Å². The highest BCUT2D eigenvalue weighted by Gasteiger charge is 2.37. The number of nitrogens with zero attached hydrogens (tertiary/aromatic N) is 1. The molecule has 0 spiro atoms. The van der Waals surface area contributed by atoms with Gasteiger partial charge in [0.15, 0.2) is 0 Å². The molecule has 1 N–H and O–H groups in total. The highest BCUT2D eigenvalue weighted by molar-refractivity contribution is 7.99. The molecule has 2 bridgehead atoms. The van der Waals surface area contributed by atoms with Gasteiger partial charge in [-0.25, -0.2) is 0 Å². The summed E-state index contributed by atoms with van der Waals surface area (Å²) in [7, 11) is 2.13. The first kappa shape index (κ1) is 12.7. The van der Waals surface area contributed by atoms with E-state index in [1.54, 1.807) is 0 Å². The van der Waals surface area contributed by atoms with E-state index in [1.807, 2.05) is 11.8 Å². The molecule has 0 radical (unpaired) electrons. The lowest BCUT2D eigenvalue weighted by atomic mass is 9.81. The third-order valence-electron chi connectivity index (χ3n) is 4.40. The van der Waals surface area contributed by atoms with E-state index in [0.717, 1.165) is 23.4 Å². The molecule has 2 fully saturated rings. The zero-order valence-corrected chi connectivity index (χ0v) is 11.7. The standard InChI is InChI=1S/C13H26N2S/c1-10(16-3)9-15-12-5-4-6-13(15)8-11(7-12)14-2/h10-14H,4-9H2,1-3H3. The highest BCUT2D eigenvalue weighted by atomic mass is 32.2. The first-order valence-corrected chi connectivity index (χ1v) is 7.99. The van der Waals surface area contributed by atoms with Gasteiger partial charge in [0.1, 0.15) is 0 Å². The molecule has 2 rings (SSSR count). The van der Waals surface area contributed by atoms with Gasteiger partial charge in [-0.2, -0.15) is 11.8 Å². The summed E-state index contributed by atoms with van der Waals surface area (Å²) >= 11 is 2.01. The van der Waals surface area contributed by atoms with Crippen molar-refractivity contribution in [1.82, 2.24) is 10.2 Å². The second-order valence-corrected chi connectivity index (χ2v) is 6.71. The lowest BCUT2D eigenvalue weighted by molar-refractivity contribution is 0.0274. The van der Waals surface area contributed by atoms with E-state index >= 15 is 0 Å². The predicted molar refractivity (Wildman–Crippen MR) is 73.2 cm³/mol. The van der Waals surface area contributed by atoms with Crippen molar-refractivity contribution in [2.24, 2.45) is 0 Å². The van der Waals surface area contributed by atoms with Gasteiger partial charge in [0, 0.05) is 29.9 Å². The van der Waals surface area contributed by atoms with E-state index in [1.165, 1.54) is 38.6 Å². The van der Waals surface area contributed by atoms with Crippen molar-refractivity contribution in [3.8, 4) is 0 Å². The Balaban J connectivity index is 1.97. The Morgan fingerprint density at radius 1 is 1.31 bits per heavy atom. The van der Waals surface area contributed by atoms with Gasteiger partial charge >= 0.3 is 0 Å². The van der Waals surface area contributed by atoms with E-state index < -0.39 is 0 Å². The average molecular weight is 242 g/mol. The summed E-state index contributed by atoms with van der Waals surface area (Å²) in [6, 6.07) is 2.50. The Kier molecular flexibility index (Phi) is 4.57. The first-order valence-electron chi connectivity index (χ1n) is 6.70. The zero-order chi connectivity index (χ0) is 11.5. The molecule has 2 heterocycles. The molecule has 0 aromatic carbocycles. The van der Waals surface area contributed by atoms with Crippen LogP contribution in [-0.2, 0) is 0 Å². The van der Waals surface area contributed by atoms with Crippen molar-refractivity contribution in [3.05, 3.63) is 0 Å². The van der Waals surface area contributed by atoms with Gasteiger partial charge in [-0.05, 0) is 39.0 Å². The van der Waals surface area contributed by atoms with Gasteiger partial charge in [0.2, 0.25) is 0 Å². The number of rotatable bonds is 4. The van der Waals surface area contributed by atoms with Crippen LogP contribution in [-0.4, -0.2) is 48.1 Å². The van der Waals surface area contributed by atoms with Crippen LogP contribution < -0.4 is 5.32 Å². The summed E-state index contributed by atoms with van der Waals surface area (Å²) in [5, 5.41) is 4.27. The van der Waals surface area contributed by atoms with Crippen molar-refractivity contribution in [1.29, 1.82) is 0 Å². The minimum Gasteiger partial charge on any atom is -0.317 e. The number of thioether (sulfide) groups is 1. The Labute approximate surface area is 105 Å². The molecule has 3 unspecified atom stereocenters. The summed E-state index contributed by atoms with van der Waals surface area (Å²) in [6.45, 7) is 3.66. The number of piperidine rings is 2. The van der Waals surface area contributed by atoms with Crippen molar-refractivity contribution >= 4 is 11.8 Å². The molecule has 0 aromatic rings. The molecule has 94 valence electrons. The zero-order valence-electron chi connectivity index (χ0n) is 10.9. The van der Waals surface area contributed by atoms with E-state index in [0.29, 0.717) is 0 Å². The molecule has 2 aliphatic heterocycles. The quantitative estimate of drug-likeness (QED) is 0.814. The van der Waals surface area contributed by atoms with Gasteiger partial charge in [-0.15, -0.1) is 0 Å². The summed E-state index contributed by atoms with van der Waals surface area (Å²) in [4.78, 5) is 2.82. The van der Waals surface area contributed by atoms with Crippen LogP contribution in [0.15, 0.2) is 0 Å². The van der Waals surface area contributed by atoms with Crippen LogP contribution in [0.5, 0.6) is 0 Å². The minimum atomic E-state index is 0.774. The second-order valence-electron chi connectivity index (χ2n) is 5.44. The normalized spacial score (nSPS) is 37.3. The Morgan fingerprint density at radius 3 is 2.44 bits per heavy atom. The lowest BCUT2D eigenvalue weighted by Gasteiger charge is -2.49. The number of fused-ring (bicyclic) bond motifs is 2. The molecule has 0 amide bonds. The van der Waals surface area contributed by atoms with E-state index in [2.05, 4.69) is 30.4 Å². The van der Waals surface area contributed by atoms with Crippen LogP contribution in [0, 0.1) is 0 Å². The molecule has 2 saturated heterocycles. The van der Waals surface area contributed by atoms with Crippen molar-refractivity contribution in [3.63, 3.8) is 0 Å². The SMILES string of the molecule is CNC1CC2CCCC(C1)N2CC(C)SC. The largest absolute Gasteiger partial charge is 0.317 e. The van der Waals surface area contributed by atoms with Crippen LogP contribution >= 0.6 is 11.8 Å². The van der Waals surface area contributed by atoms with Gasteiger partial charge in [-0.1, -0.05) is 13.3 Å². The predicted octanol–water partition coefficient (Wildman–Crippen LogP) is 2.34. The second kappa shape index (κ2) is 5.74. The van der Waals surface area contributed by atoms with Gasteiger partial charge in [-0.3, -0.25) is 4.90 Å². The summed E-state index contributed by atoms with van der Waals surface area (Å²) in [5.74, 6) is 0. The van der Waals surface area contributed by atoms with Crippen molar-refractivity contribution in [2.75, 3.05) is 19.8 Å². The smallest absolute Gasteiger partial charge is 0.0144 e. The Bertz CT molecular complexity index is 208. The highest BCUT2D eigenvalue weighted by Crippen LogP contribution is 2.34. The molecule has 3 heteroatoms. The van der Waals surface area contributed by atoms with E-state index in [-0.39, 0.29) is 0 Å². The number of hydrogen-bond acceptors (Lipinski definition) is 3. The average Bonchev–Trinajstić information content (AvgIpc) is 2.28. The molecular weight excluding hydrogens is 216 g/mol. The third-order valence-corrected chi connectivity index (χ3v) is 5.36. The van der Waals surface area contributed by atoms with Gasteiger partial charge < -0.3 is 5.32 Å². The van der Waals surface area contributed by atoms with Crippen LogP contribution in [0.2, 0.25) is 0 Å². The topological polar surface area (TPSA) is 15.3 Å². The third kappa shape index (κ3) is 2.74. The molecular formula is C13H26N2S. The summed E-state index contributed by atoms with van der Waals surface area (Å²) in [6.07, 6.45) is 9.28. The maximum Gasteiger partial charge on any atom is 0.0144 e. The lowest BCUT2D eigenvalue weighted by Crippen LogP contribution is -2.57. The number of hydrogen-bond donors (Lipinski definition) is 1. The van der Waals surface area contributed by atoms with E-state index in [4.69, 9.17) is 0 Å². The Hall–Kier alpha value is 0.270. The minimum absolute atomic E-state index is 0.774. The molecule has 0 aromatic heterocycles. The molecule has 0 saturated carbocycles. The van der Waals surface area contributed by atoms with Crippen LogP contribution in [0.4, 0.5) is 0 Å². The summed E-state index contributed by atoms with van der Waals surface area (Å²) in [5.41, 5.74) is 0. The number of nitrogens with one attached hydrogen (secondary N) is 1. The fourth-order valence-corrected chi connectivity index (χ4v) is 3.70. The molecule has 3 atom stereocenters. The van der Waals surface area contributed by atoms with Crippen molar-refractivity contribution in [2.45, 2.75) is 62.4 Å². The molecule has 2 aliphatic rings.